The number of hydrogen-bond acceptors (Lipinski definition) is 7. The number of nitrogens with one attached hydrogen (secondary N) is 2. The minimum absolute atomic E-state index is 0.0499. The van der Waals surface area contributed by atoms with Gasteiger partial charge in [-0.25, -0.2) is 17.9 Å². The third-order valence-electron chi connectivity index (χ3n) is 8.03. The van der Waals surface area contributed by atoms with Crippen LogP contribution in [0.4, 0.5) is 10.5 Å². The van der Waals surface area contributed by atoms with Gasteiger partial charge in [0.25, 0.3) is 10.0 Å². The van der Waals surface area contributed by atoms with Gasteiger partial charge in [-0.05, 0) is 61.1 Å². The largest absolute Gasteiger partial charge is 0.441 e. The van der Waals surface area contributed by atoms with Crippen LogP contribution in [0.5, 0.6) is 0 Å². The number of hydrogen-bond donors (Lipinski definition) is 2. The van der Waals surface area contributed by atoms with Gasteiger partial charge in [-0.3, -0.25) is 10.1 Å². The van der Waals surface area contributed by atoms with E-state index in [2.05, 4.69) is 15.2 Å². The summed E-state index contributed by atoms with van der Waals surface area (Å²) in [6.45, 7) is 3.54. The maximum Gasteiger partial charge on any atom is 0.412 e. The van der Waals surface area contributed by atoms with Gasteiger partial charge in [-0.2, -0.15) is 0 Å². The molecule has 1 heterocycles. The predicted molar refractivity (Wildman–Crippen MR) is 170 cm³/mol. The Morgan fingerprint density at radius 2 is 1.38 bits per heavy atom. The minimum atomic E-state index is -3.96. The first-order valence-corrected chi connectivity index (χ1v) is 16.0. The van der Waals surface area contributed by atoms with Crippen LogP contribution >= 0.6 is 0 Å². The molecule has 2 N–H and O–H groups in total. The quantitative estimate of drug-likeness (QED) is 0.179. The molecule has 0 spiro atoms. The molecule has 45 heavy (non-hydrogen) atoms. The van der Waals surface area contributed by atoms with Crippen LogP contribution in [-0.2, 0) is 25.0 Å². The molecule has 0 unspecified atom stereocenters. The summed E-state index contributed by atoms with van der Waals surface area (Å²) in [5.74, 6) is -0.112. The van der Waals surface area contributed by atoms with E-state index in [1.807, 2.05) is 78.9 Å². The molecule has 9 nitrogen and oxygen atoms in total. The Bertz CT molecular complexity index is 1930. The number of nitrogens with zero attached hydrogens (tertiary/aromatic N) is 1. The molecule has 228 valence electrons. The lowest BCUT2D eigenvalue weighted by Crippen LogP contribution is -2.38. The molecule has 0 saturated heterocycles. The van der Waals surface area contributed by atoms with Gasteiger partial charge in [0.1, 0.15) is 17.5 Å². The molecule has 1 aliphatic carbocycles. The molecule has 1 aliphatic rings. The van der Waals surface area contributed by atoms with Crippen molar-refractivity contribution in [1.29, 1.82) is 0 Å². The smallest absolute Gasteiger partial charge is 0.412 e. The summed E-state index contributed by atoms with van der Waals surface area (Å²) in [6.07, 6.45) is 0.0912. The summed E-state index contributed by atoms with van der Waals surface area (Å²) >= 11 is 0. The van der Waals surface area contributed by atoms with Gasteiger partial charge in [-0.15, -0.1) is 0 Å². The number of carbonyl (C=O) groups excluding carboxylic acids is 2. The highest BCUT2D eigenvalue weighted by molar-refractivity contribution is 7.90. The maximum absolute atomic E-state index is 13.1. The van der Waals surface area contributed by atoms with E-state index >= 15 is 0 Å². The van der Waals surface area contributed by atoms with Crippen molar-refractivity contribution in [2.75, 3.05) is 5.32 Å². The van der Waals surface area contributed by atoms with Crippen LogP contribution in [0.2, 0.25) is 0 Å². The second-order valence-corrected chi connectivity index (χ2v) is 12.7. The number of amides is 2. The van der Waals surface area contributed by atoms with Crippen LogP contribution < -0.4 is 10.0 Å². The van der Waals surface area contributed by atoms with Gasteiger partial charge < -0.3 is 9.26 Å². The van der Waals surface area contributed by atoms with E-state index in [4.69, 9.17) is 9.26 Å². The Labute approximate surface area is 261 Å². The number of aryl methyl sites for hydroxylation is 1. The number of ether oxygens (including phenoxy) is 1. The first-order chi connectivity index (χ1) is 21.7. The van der Waals surface area contributed by atoms with E-state index in [0.717, 1.165) is 27.8 Å². The Hall–Kier alpha value is -5.22. The van der Waals surface area contributed by atoms with Crippen molar-refractivity contribution in [2.45, 2.75) is 43.1 Å². The van der Waals surface area contributed by atoms with Gasteiger partial charge in [0.05, 0.1) is 10.3 Å². The molecule has 10 heteroatoms. The Morgan fingerprint density at radius 1 is 0.822 bits per heavy atom. The monoisotopic (exact) mass is 621 g/mol. The molecule has 1 saturated carbocycles. The lowest BCUT2D eigenvalue weighted by molar-refractivity contribution is -0.121. The van der Waals surface area contributed by atoms with Crippen molar-refractivity contribution < 1.29 is 27.3 Å². The number of carbonyl (C=O) groups is 2. The van der Waals surface area contributed by atoms with Crippen molar-refractivity contribution in [3.05, 3.63) is 126 Å². The molecular weight excluding hydrogens is 590 g/mol. The number of anilines is 1. The van der Waals surface area contributed by atoms with Crippen LogP contribution in [0.3, 0.4) is 0 Å². The SMILES string of the molecule is Cc1noc(-c2ccc(-c3ccc(C4(C(=O)NS(=O)(=O)c5ccccc5)CC4)cc3)cc2)c1NC(=O)O[C@H](C)c1ccccc1. The third-order valence-corrected chi connectivity index (χ3v) is 9.37. The van der Waals surface area contributed by atoms with E-state index in [0.29, 0.717) is 30.0 Å². The molecule has 2 amide bonds. The van der Waals surface area contributed by atoms with Crippen LogP contribution in [0, 0.1) is 6.92 Å². The average molecular weight is 622 g/mol. The minimum Gasteiger partial charge on any atom is -0.441 e. The van der Waals surface area contributed by atoms with E-state index in [1.54, 1.807) is 32.0 Å². The Balaban J connectivity index is 1.13. The van der Waals surface area contributed by atoms with Crippen molar-refractivity contribution >= 4 is 27.7 Å². The van der Waals surface area contributed by atoms with E-state index in [9.17, 15) is 18.0 Å². The third kappa shape index (κ3) is 6.23. The Morgan fingerprint density at radius 3 is 1.98 bits per heavy atom. The fourth-order valence-electron chi connectivity index (χ4n) is 5.24. The van der Waals surface area contributed by atoms with Gasteiger partial charge in [-0.1, -0.05) is 102 Å². The summed E-state index contributed by atoms with van der Waals surface area (Å²) < 4.78 is 38.8. The molecule has 1 aromatic heterocycles. The Kier molecular flexibility index (Phi) is 7.99. The zero-order valence-corrected chi connectivity index (χ0v) is 25.5. The van der Waals surface area contributed by atoms with Gasteiger partial charge in [0, 0.05) is 5.56 Å². The molecule has 0 radical (unpaired) electrons. The second kappa shape index (κ2) is 12.0. The normalized spacial score (nSPS) is 14.3. The highest BCUT2D eigenvalue weighted by atomic mass is 32.2. The van der Waals surface area contributed by atoms with E-state index < -0.39 is 33.5 Å². The standard InChI is InChI=1S/C35H31N3O6S/c1-23-31(36-34(40)43-24(2)25-9-5-3-6-10-25)32(44-37-23)28-15-13-26(14-16-28)27-17-19-29(20-18-27)35(21-22-35)33(39)38-45(41,42)30-11-7-4-8-12-30/h3-20,24H,21-22H2,1-2H3,(H,36,40)(H,38,39)/t24-/m1/s1. The van der Waals surface area contributed by atoms with E-state index in [-0.39, 0.29) is 4.90 Å². The molecule has 1 fully saturated rings. The van der Waals surface area contributed by atoms with Crippen LogP contribution in [-0.4, -0.2) is 25.6 Å². The zero-order chi connectivity index (χ0) is 31.6. The van der Waals surface area contributed by atoms with Crippen LogP contribution in [0.1, 0.15) is 42.7 Å². The molecule has 0 aliphatic heterocycles. The van der Waals surface area contributed by atoms with Crippen molar-refractivity contribution in [2.24, 2.45) is 0 Å². The summed E-state index contributed by atoms with van der Waals surface area (Å²) in [5.41, 5.74) is 4.30. The fraction of sp³-hybridized carbons (Fsp3) is 0.171. The summed E-state index contributed by atoms with van der Waals surface area (Å²) in [4.78, 5) is 25.9. The molecule has 6 rings (SSSR count). The first-order valence-electron chi connectivity index (χ1n) is 14.5. The van der Waals surface area contributed by atoms with Crippen molar-refractivity contribution in [1.82, 2.24) is 9.88 Å². The fourth-order valence-corrected chi connectivity index (χ4v) is 6.32. The molecule has 4 aromatic carbocycles. The molecule has 5 aromatic rings. The molecule has 0 bridgehead atoms. The zero-order valence-electron chi connectivity index (χ0n) is 24.7. The summed E-state index contributed by atoms with van der Waals surface area (Å²) in [6, 6.07) is 32.5. The van der Waals surface area contributed by atoms with Gasteiger partial charge in [0.2, 0.25) is 5.91 Å². The number of aromatic nitrogens is 1. The highest BCUT2D eigenvalue weighted by Gasteiger charge is 2.52. The molecular formula is C35H31N3O6S. The summed E-state index contributed by atoms with van der Waals surface area (Å²) in [7, 11) is -3.96. The van der Waals surface area contributed by atoms with Gasteiger partial charge >= 0.3 is 6.09 Å². The van der Waals surface area contributed by atoms with Gasteiger partial charge in [0.15, 0.2) is 5.76 Å². The number of sulfonamides is 1. The maximum atomic E-state index is 13.1. The first kappa shape index (κ1) is 29.8. The second-order valence-electron chi connectivity index (χ2n) is 11.0. The number of rotatable bonds is 9. The van der Waals surface area contributed by atoms with Crippen LogP contribution in [0.25, 0.3) is 22.5 Å². The lowest BCUT2D eigenvalue weighted by Gasteiger charge is -2.16. The van der Waals surface area contributed by atoms with Crippen LogP contribution in [0.15, 0.2) is 119 Å². The topological polar surface area (TPSA) is 128 Å². The average Bonchev–Trinajstić information content (AvgIpc) is 3.80. The predicted octanol–water partition coefficient (Wildman–Crippen LogP) is 7.16. The highest BCUT2D eigenvalue weighted by Crippen LogP contribution is 2.49. The summed E-state index contributed by atoms with van der Waals surface area (Å²) in [5, 5.41) is 6.82. The lowest BCUT2D eigenvalue weighted by atomic mass is 9.93. The molecule has 1 atom stereocenters. The van der Waals surface area contributed by atoms with E-state index in [1.165, 1.54) is 12.1 Å². The van der Waals surface area contributed by atoms with Crippen molar-refractivity contribution in [3.63, 3.8) is 0 Å². The number of benzene rings is 4. The van der Waals surface area contributed by atoms with Crippen molar-refractivity contribution in [3.8, 4) is 22.5 Å².